The Hall–Kier alpha value is -2.26. The van der Waals surface area contributed by atoms with Crippen LogP contribution in [0.15, 0.2) is 61.2 Å². The Morgan fingerprint density at radius 1 is 0.750 bits per heavy atom. The van der Waals surface area contributed by atoms with Crippen LogP contribution in [0.25, 0.3) is 0 Å². The fraction of sp³-hybridized carbons (Fsp3) is 0.333. The van der Waals surface area contributed by atoms with Gasteiger partial charge in [-0.1, -0.05) is 61.9 Å². The molecule has 0 aliphatic heterocycles. The van der Waals surface area contributed by atoms with Crippen molar-refractivity contribution in [2.45, 2.75) is 51.9 Å². The highest BCUT2D eigenvalue weighted by Crippen LogP contribution is 2.10. The number of rotatable bonds is 8. The molecule has 2 aromatic carbocycles. The Morgan fingerprint density at radius 2 is 1.25 bits per heavy atom. The minimum atomic E-state index is 1.08. The number of hydrogen-bond acceptors (Lipinski definition) is 0. The molecule has 0 fully saturated rings. The van der Waals surface area contributed by atoms with E-state index >= 15 is 0 Å². The van der Waals surface area contributed by atoms with Crippen molar-refractivity contribution < 1.29 is 0 Å². The van der Waals surface area contributed by atoms with Crippen LogP contribution in [0.5, 0.6) is 0 Å². The van der Waals surface area contributed by atoms with Crippen LogP contribution in [0.1, 0.15) is 61.3 Å². The molecule has 0 amide bonds. The Morgan fingerprint density at radius 3 is 1.71 bits per heavy atom. The summed E-state index contributed by atoms with van der Waals surface area (Å²) in [6.45, 7) is 6.01. The third-order valence-corrected chi connectivity index (χ3v) is 4.20. The predicted molar refractivity (Wildman–Crippen MR) is 105 cm³/mol. The number of aryl methyl sites for hydroxylation is 2. The first-order valence-electron chi connectivity index (χ1n) is 9.12. The van der Waals surface area contributed by atoms with Gasteiger partial charge in [0, 0.05) is 11.1 Å². The Kier molecular flexibility index (Phi) is 7.91. The fourth-order valence-corrected chi connectivity index (χ4v) is 2.68. The number of allylic oxidation sites excluding steroid dienone is 1. The monoisotopic (exact) mass is 316 g/mol. The second kappa shape index (κ2) is 10.5. The molecular weight excluding hydrogens is 288 g/mol. The third-order valence-electron chi connectivity index (χ3n) is 4.20. The average Bonchev–Trinajstić information content (AvgIpc) is 2.63. The van der Waals surface area contributed by atoms with Crippen LogP contribution in [0.2, 0.25) is 0 Å². The van der Waals surface area contributed by atoms with E-state index in [0.717, 1.165) is 24.0 Å². The summed E-state index contributed by atoms with van der Waals surface area (Å²) < 4.78 is 0. The van der Waals surface area contributed by atoms with Gasteiger partial charge in [-0.05, 0) is 67.5 Å². The molecule has 0 saturated heterocycles. The lowest BCUT2D eigenvalue weighted by Crippen LogP contribution is -1.86. The number of benzene rings is 2. The normalized spacial score (nSPS) is 10.0. The summed E-state index contributed by atoms with van der Waals surface area (Å²) in [6.07, 6.45) is 10.4. The Labute approximate surface area is 147 Å². The molecule has 2 aromatic rings. The van der Waals surface area contributed by atoms with Gasteiger partial charge in [0.25, 0.3) is 0 Å². The molecule has 0 spiro atoms. The summed E-state index contributed by atoms with van der Waals surface area (Å²) in [4.78, 5) is 0. The maximum atomic E-state index is 3.76. The first kappa shape index (κ1) is 18.1. The molecule has 0 unspecified atom stereocenters. The first-order valence-corrected chi connectivity index (χ1v) is 9.12. The van der Waals surface area contributed by atoms with Crippen LogP contribution < -0.4 is 0 Å². The minimum absolute atomic E-state index is 1.08. The molecule has 2 rings (SSSR count). The maximum absolute atomic E-state index is 3.76. The lowest BCUT2D eigenvalue weighted by Gasteiger charge is -2.01. The fourth-order valence-electron chi connectivity index (χ4n) is 2.68. The van der Waals surface area contributed by atoms with Crippen molar-refractivity contribution in [1.82, 2.24) is 0 Å². The van der Waals surface area contributed by atoms with Gasteiger partial charge in [-0.2, -0.15) is 0 Å². The second-order valence-corrected chi connectivity index (χ2v) is 6.28. The summed E-state index contributed by atoms with van der Waals surface area (Å²) in [6, 6.07) is 17.3. The summed E-state index contributed by atoms with van der Waals surface area (Å²) in [5, 5.41) is 0. The van der Waals surface area contributed by atoms with Crippen molar-refractivity contribution in [3.8, 4) is 11.8 Å². The van der Waals surface area contributed by atoms with Crippen molar-refractivity contribution in [2.75, 3.05) is 0 Å². The van der Waals surface area contributed by atoms with Gasteiger partial charge >= 0.3 is 0 Å². The van der Waals surface area contributed by atoms with Gasteiger partial charge < -0.3 is 0 Å². The quantitative estimate of drug-likeness (QED) is 0.303. The van der Waals surface area contributed by atoms with Gasteiger partial charge in [0.2, 0.25) is 0 Å². The predicted octanol–water partition coefficient (Wildman–Crippen LogP) is 6.33. The summed E-state index contributed by atoms with van der Waals surface area (Å²) in [7, 11) is 0. The van der Waals surface area contributed by atoms with Gasteiger partial charge in [0.05, 0.1) is 0 Å². The molecule has 0 aliphatic carbocycles. The van der Waals surface area contributed by atoms with Gasteiger partial charge in [0.15, 0.2) is 0 Å². The number of hydrogen-bond donors (Lipinski definition) is 0. The average molecular weight is 316 g/mol. The van der Waals surface area contributed by atoms with E-state index in [1.165, 1.54) is 43.2 Å². The molecule has 0 heteroatoms. The van der Waals surface area contributed by atoms with E-state index in [-0.39, 0.29) is 0 Å². The Balaban J connectivity index is 1.90. The van der Waals surface area contributed by atoms with Gasteiger partial charge in [0.1, 0.15) is 0 Å². The van der Waals surface area contributed by atoms with Crippen molar-refractivity contribution in [2.24, 2.45) is 0 Å². The first-order chi connectivity index (χ1) is 11.8. The molecule has 0 aromatic heterocycles. The zero-order valence-corrected chi connectivity index (χ0v) is 14.9. The van der Waals surface area contributed by atoms with Crippen LogP contribution in [-0.2, 0) is 12.8 Å². The largest absolute Gasteiger partial charge is 0.103 e. The second-order valence-electron chi connectivity index (χ2n) is 6.28. The van der Waals surface area contributed by atoms with E-state index in [9.17, 15) is 0 Å². The molecule has 0 saturated carbocycles. The van der Waals surface area contributed by atoms with Crippen molar-refractivity contribution in [3.63, 3.8) is 0 Å². The molecule has 0 radical (unpaired) electrons. The lowest BCUT2D eigenvalue weighted by molar-refractivity contribution is 0.717. The molecule has 24 heavy (non-hydrogen) atoms. The van der Waals surface area contributed by atoms with Gasteiger partial charge in [-0.3, -0.25) is 0 Å². The zero-order chi connectivity index (χ0) is 17.0. The van der Waals surface area contributed by atoms with Crippen LogP contribution in [0.4, 0.5) is 0 Å². The van der Waals surface area contributed by atoms with E-state index in [1.807, 2.05) is 6.08 Å². The van der Waals surface area contributed by atoms with Gasteiger partial charge in [-0.25, -0.2) is 0 Å². The van der Waals surface area contributed by atoms with E-state index in [0.29, 0.717) is 0 Å². The SMILES string of the molecule is C=CCCCc1ccc(C#Cc2ccc(CCCCC)cc2)cc1. The highest BCUT2D eigenvalue weighted by molar-refractivity contribution is 5.44. The van der Waals surface area contributed by atoms with Crippen LogP contribution in [0.3, 0.4) is 0 Å². The third kappa shape index (κ3) is 6.47. The van der Waals surface area contributed by atoms with Crippen LogP contribution >= 0.6 is 0 Å². The minimum Gasteiger partial charge on any atom is -0.103 e. The zero-order valence-electron chi connectivity index (χ0n) is 14.9. The van der Waals surface area contributed by atoms with Crippen molar-refractivity contribution >= 4 is 0 Å². The molecule has 0 N–H and O–H groups in total. The standard InChI is InChI=1S/C24H28/c1-3-5-7-9-21-11-15-23(16-12-21)19-20-24-17-13-22(14-18-24)10-8-6-4-2/h3,11-18H,1,4-10H2,2H3. The van der Waals surface area contributed by atoms with Crippen LogP contribution in [0, 0.1) is 11.8 Å². The number of unbranched alkanes of at least 4 members (excludes halogenated alkanes) is 3. The topological polar surface area (TPSA) is 0 Å². The molecule has 0 nitrogen and oxygen atoms in total. The van der Waals surface area contributed by atoms with Crippen molar-refractivity contribution in [1.29, 1.82) is 0 Å². The Bertz CT molecular complexity index is 663. The summed E-state index contributed by atoms with van der Waals surface area (Å²) in [5.41, 5.74) is 4.95. The molecule has 124 valence electrons. The lowest BCUT2D eigenvalue weighted by atomic mass is 10.0. The smallest absolute Gasteiger partial charge is 0.0249 e. The van der Waals surface area contributed by atoms with E-state index < -0.39 is 0 Å². The summed E-state index contributed by atoms with van der Waals surface area (Å²) >= 11 is 0. The summed E-state index contributed by atoms with van der Waals surface area (Å²) in [5.74, 6) is 6.52. The molecule has 0 aliphatic rings. The molecular formula is C24H28. The van der Waals surface area contributed by atoms with Gasteiger partial charge in [-0.15, -0.1) is 6.58 Å². The molecule has 0 bridgehead atoms. The van der Waals surface area contributed by atoms with Crippen LogP contribution in [-0.4, -0.2) is 0 Å². The highest BCUT2D eigenvalue weighted by Gasteiger charge is 1.95. The van der Waals surface area contributed by atoms with E-state index in [2.05, 4.69) is 73.9 Å². The van der Waals surface area contributed by atoms with Crippen molar-refractivity contribution in [3.05, 3.63) is 83.4 Å². The highest BCUT2D eigenvalue weighted by atomic mass is 14.0. The van der Waals surface area contributed by atoms with E-state index in [1.54, 1.807) is 0 Å². The molecule has 0 heterocycles. The maximum Gasteiger partial charge on any atom is 0.0249 e. The van der Waals surface area contributed by atoms with E-state index in [4.69, 9.17) is 0 Å². The molecule has 0 atom stereocenters.